The number of nitrogens with zero attached hydrogens (tertiary/aromatic N) is 1. The van der Waals surface area contributed by atoms with Crippen molar-refractivity contribution in [3.8, 4) is 0 Å². The summed E-state index contributed by atoms with van der Waals surface area (Å²) in [5, 5.41) is 8.68. The Kier molecular flexibility index (Phi) is 6.39. The van der Waals surface area contributed by atoms with Gasteiger partial charge in [-0.2, -0.15) is 0 Å². The summed E-state index contributed by atoms with van der Waals surface area (Å²) >= 11 is 0. The third-order valence-electron chi connectivity index (χ3n) is 2.91. The molecule has 0 fully saturated rings. The van der Waals surface area contributed by atoms with E-state index in [1.807, 2.05) is 24.3 Å². The molecule has 0 bridgehead atoms. The molecular weight excluding hydrogens is 228 g/mol. The molecule has 18 heavy (non-hydrogen) atoms. The van der Waals surface area contributed by atoms with E-state index >= 15 is 0 Å². The van der Waals surface area contributed by atoms with E-state index in [0.29, 0.717) is 18.7 Å². The first-order valence-corrected chi connectivity index (χ1v) is 6.34. The molecule has 0 heterocycles. The van der Waals surface area contributed by atoms with Crippen molar-refractivity contribution < 1.29 is 9.90 Å². The van der Waals surface area contributed by atoms with Crippen LogP contribution >= 0.6 is 0 Å². The van der Waals surface area contributed by atoms with E-state index in [4.69, 9.17) is 10.8 Å². The zero-order valence-corrected chi connectivity index (χ0v) is 10.9. The number of unbranched alkanes of at least 4 members (excludes halogenated alkanes) is 2. The zero-order chi connectivity index (χ0) is 13.4. The minimum absolute atomic E-state index is 0.0225. The van der Waals surface area contributed by atoms with Gasteiger partial charge in [-0.15, -0.1) is 0 Å². The Hall–Kier alpha value is -1.39. The predicted octanol–water partition coefficient (Wildman–Crippen LogP) is 1.38. The number of hydrogen-bond donors (Lipinski definition) is 2. The summed E-state index contributed by atoms with van der Waals surface area (Å²) in [6, 6.07) is 7.42. The molecular formula is C14H22N2O2. The lowest BCUT2D eigenvalue weighted by molar-refractivity contribution is 0.0792. The second-order valence-corrected chi connectivity index (χ2v) is 4.42. The van der Waals surface area contributed by atoms with Crippen molar-refractivity contribution in [3.05, 3.63) is 35.4 Å². The van der Waals surface area contributed by atoms with Crippen LogP contribution in [0, 0.1) is 0 Å². The van der Waals surface area contributed by atoms with Crippen molar-refractivity contribution in [1.82, 2.24) is 4.90 Å². The van der Waals surface area contributed by atoms with Crippen LogP contribution in [0.2, 0.25) is 0 Å². The summed E-state index contributed by atoms with van der Waals surface area (Å²) in [5.74, 6) is 0.0225. The van der Waals surface area contributed by atoms with Crippen molar-refractivity contribution in [2.75, 3.05) is 20.2 Å². The lowest BCUT2D eigenvalue weighted by atomic mass is 10.1. The van der Waals surface area contributed by atoms with Gasteiger partial charge in [-0.05, 0) is 37.0 Å². The molecule has 0 spiro atoms. The summed E-state index contributed by atoms with van der Waals surface area (Å²) in [6.07, 6.45) is 2.65. The van der Waals surface area contributed by atoms with E-state index < -0.39 is 0 Å². The molecule has 4 heteroatoms. The molecule has 100 valence electrons. The largest absolute Gasteiger partial charge is 0.396 e. The lowest BCUT2D eigenvalue weighted by Crippen LogP contribution is -2.27. The standard InChI is InChI=1S/C14H22N2O2/c1-16(8-3-2-4-9-17)14(18)13-7-5-6-12(10-13)11-15/h5-7,10,17H,2-4,8-9,11,15H2,1H3. The average molecular weight is 250 g/mol. The highest BCUT2D eigenvalue weighted by Crippen LogP contribution is 2.08. The predicted molar refractivity (Wildman–Crippen MR) is 72.2 cm³/mol. The molecule has 1 rings (SSSR count). The van der Waals surface area contributed by atoms with Gasteiger partial charge in [0, 0.05) is 32.3 Å². The van der Waals surface area contributed by atoms with E-state index in [0.717, 1.165) is 24.8 Å². The molecule has 1 aromatic rings. The quantitative estimate of drug-likeness (QED) is 0.718. The van der Waals surface area contributed by atoms with E-state index in [1.54, 1.807) is 11.9 Å². The van der Waals surface area contributed by atoms with Gasteiger partial charge in [0.2, 0.25) is 0 Å². The minimum atomic E-state index is 0.0225. The summed E-state index contributed by atoms with van der Waals surface area (Å²) in [4.78, 5) is 13.8. The van der Waals surface area contributed by atoms with Crippen LogP contribution < -0.4 is 5.73 Å². The van der Waals surface area contributed by atoms with Crippen LogP contribution in [0.3, 0.4) is 0 Å². The summed E-state index contributed by atoms with van der Waals surface area (Å²) in [7, 11) is 1.80. The van der Waals surface area contributed by atoms with Crippen LogP contribution in [0.4, 0.5) is 0 Å². The average Bonchev–Trinajstić information content (AvgIpc) is 2.42. The fourth-order valence-corrected chi connectivity index (χ4v) is 1.79. The van der Waals surface area contributed by atoms with Crippen molar-refractivity contribution in [2.24, 2.45) is 5.73 Å². The van der Waals surface area contributed by atoms with Crippen molar-refractivity contribution >= 4 is 5.91 Å². The van der Waals surface area contributed by atoms with Gasteiger partial charge in [-0.1, -0.05) is 12.1 Å². The number of nitrogens with two attached hydrogens (primary N) is 1. The van der Waals surface area contributed by atoms with Crippen LogP contribution in [0.15, 0.2) is 24.3 Å². The molecule has 0 aliphatic carbocycles. The highest BCUT2D eigenvalue weighted by molar-refractivity contribution is 5.94. The van der Waals surface area contributed by atoms with Crippen LogP contribution in [-0.4, -0.2) is 36.1 Å². The fraction of sp³-hybridized carbons (Fsp3) is 0.500. The Labute approximate surface area is 108 Å². The Morgan fingerprint density at radius 3 is 2.78 bits per heavy atom. The minimum Gasteiger partial charge on any atom is -0.396 e. The van der Waals surface area contributed by atoms with Gasteiger partial charge in [-0.25, -0.2) is 0 Å². The van der Waals surface area contributed by atoms with Gasteiger partial charge in [0.15, 0.2) is 0 Å². The summed E-state index contributed by atoms with van der Waals surface area (Å²) < 4.78 is 0. The number of hydrogen-bond acceptors (Lipinski definition) is 3. The third kappa shape index (κ3) is 4.47. The van der Waals surface area contributed by atoms with Crippen LogP contribution in [-0.2, 0) is 6.54 Å². The molecule has 0 saturated heterocycles. The molecule has 0 unspecified atom stereocenters. The summed E-state index contributed by atoms with van der Waals surface area (Å²) in [6.45, 7) is 1.38. The fourth-order valence-electron chi connectivity index (χ4n) is 1.79. The van der Waals surface area contributed by atoms with Gasteiger partial charge < -0.3 is 15.7 Å². The van der Waals surface area contributed by atoms with Gasteiger partial charge in [0.05, 0.1) is 0 Å². The molecule has 1 aromatic carbocycles. The van der Waals surface area contributed by atoms with Crippen LogP contribution in [0.1, 0.15) is 35.2 Å². The van der Waals surface area contributed by atoms with E-state index in [-0.39, 0.29) is 12.5 Å². The molecule has 0 atom stereocenters. The number of amides is 1. The second kappa shape index (κ2) is 7.84. The van der Waals surface area contributed by atoms with Crippen molar-refractivity contribution in [3.63, 3.8) is 0 Å². The molecule has 0 aromatic heterocycles. The lowest BCUT2D eigenvalue weighted by Gasteiger charge is -2.17. The maximum absolute atomic E-state index is 12.1. The number of aliphatic hydroxyl groups excluding tert-OH is 1. The second-order valence-electron chi connectivity index (χ2n) is 4.42. The Balaban J connectivity index is 2.51. The number of carbonyl (C=O) groups excluding carboxylic acids is 1. The summed E-state index contributed by atoms with van der Waals surface area (Å²) in [5.41, 5.74) is 7.21. The van der Waals surface area contributed by atoms with Crippen molar-refractivity contribution in [2.45, 2.75) is 25.8 Å². The Morgan fingerprint density at radius 2 is 2.11 bits per heavy atom. The van der Waals surface area contributed by atoms with Crippen LogP contribution in [0.5, 0.6) is 0 Å². The topological polar surface area (TPSA) is 66.6 Å². The zero-order valence-electron chi connectivity index (χ0n) is 10.9. The third-order valence-corrected chi connectivity index (χ3v) is 2.91. The molecule has 1 amide bonds. The normalized spacial score (nSPS) is 10.4. The van der Waals surface area contributed by atoms with Gasteiger partial charge in [0.25, 0.3) is 5.91 Å². The van der Waals surface area contributed by atoms with E-state index in [9.17, 15) is 4.79 Å². The number of rotatable bonds is 7. The number of benzene rings is 1. The van der Waals surface area contributed by atoms with E-state index in [1.165, 1.54) is 0 Å². The first-order valence-electron chi connectivity index (χ1n) is 6.34. The van der Waals surface area contributed by atoms with E-state index in [2.05, 4.69) is 0 Å². The molecule has 0 saturated carbocycles. The first-order chi connectivity index (χ1) is 8.69. The Morgan fingerprint density at radius 1 is 1.33 bits per heavy atom. The molecule has 0 aliphatic heterocycles. The van der Waals surface area contributed by atoms with Gasteiger partial charge in [-0.3, -0.25) is 4.79 Å². The maximum atomic E-state index is 12.1. The SMILES string of the molecule is CN(CCCCCO)C(=O)c1cccc(CN)c1. The maximum Gasteiger partial charge on any atom is 0.253 e. The smallest absolute Gasteiger partial charge is 0.253 e. The van der Waals surface area contributed by atoms with Crippen LogP contribution in [0.25, 0.3) is 0 Å². The first kappa shape index (κ1) is 14.7. The van der Waals surface area contributed by atoms with Gasteiger partial charge >= 0.3 is 0 Å². The van der Waals surface area contributed by atoms with Gasteiger partial charge in [0.1, 0.15) is 0 Å². The number of carbonyl (C=O) groups is 1. The van der Waals surface area contributed by atoms with Crippen molar-refractivity contribution in [1.29, 1.82) is 0 Å². The Bertz CT molecular complexity index is 380. The highest BCUT2D eigenvalue weighted by Gasteiger charge is 2.11. The monoisotopic (exact) mass is 250 g/mol. The highest BCUT2D eigenvalue weighted by atomic mass is 16.2. The molecule has 0 radical (unpaired) electrons. The molecule has 3 N–H and O–H groups in total. The number of aliphatic hydroxyl groups is 1. The molecule has 0 aliphatic rings. The molecule has 4 nitrogen and oxygen atoms in total.